The van der Waals surface area contributed by atoms with E-state index in [1.807, 2.05) is 0 Å². The number of rotatable bonds is 7. The van der Waals surface area contributed by atoms with Crippen LogP contribution in [0.4, 0.5) is 0 Å². The topological polar surface area (TPSA) is 72.9 Å². The molecule has 0 aliphatic rings. The molecule has 0 saturated carbocycles. The Bertz CT molecular complexity index is 603. The van der Waals surface area contributed by atoms with E-state index in [9.17, 15) is 13.2 Å². The number of methoxy groups -OCH3 is 2. The van der Waals surface area contributed by atoms with Crippen molar-refractivity contribution in [3.8, 4) is 5.75 Å². The van der Waals surface area contributed by atoms with E-state index in [1.54, 1.807) is 0 Å². The maximum atomic E-state index is 12.3. The summed E-state index contributed by atoms with van der Waals surface area (Å²) in [4.78, 5) is 11.1. The Morgan fingerprint density at radius 2 is 2.00 bits per heavy atom. The Morgan fingerprint density at radius 3 is 2.52 bits per heavy atom. The first kappa shape index (κ1) is 17.7. The van der Waals surface area contributed by atoms with E-state index in [4.69, 9.17) is 16.3 Å². The van der Waals surface area contributed by atoms with Gasteiger partial charge >= 0.3 is 5.97 Å². The molecule has 1 rings (SSSR count). The average Bonchev–Trinajstić information content (AvgIpc) is 2.46. The van der Waals surface area contributed by atoms with Gasteiger partial charge in [-0.2, -0.15) is 0 Å². The number of nitrogens with zero attached hydrogens (tertiary/aromatic N) is 1. The van der Waals surface area contributed by atoms with Crippen LogP contribution in [0.2, 0.25) is 5.02 Å². The van der Waals surface area contributed by atoms with Crippen LogP contribution >= 0.6 is 11.6 Å². The number of hydrogen-bond donors (Lipinski definition) is 0. The summed E-state index contributed by atoms with van der Waals surface area (Å²) in [7, 11) is 0.546. The predicted molar refractivity (Wildman–Crippen MR) is 79.1 cm³/mol. The van der Waals surface area contributed by atoms with Crippen molar-refractivity contribution in [2.75, 3.05) is 27.8 Å². The molecule has 0 spiro atoms. The van der Waals surface area contributed by atoms with Crippen molar-refractivity contribution in [1.29, 1.82) is 0 Å². The van der Waals surface area contributed by atoms with Crippen molar-refractivity contribution in [2.45, 2.75) is 17.7 Å². The van der Waals surface area contributed by atoms with Crippen LogP contribution < -0.4 is 4.74 Å². The third-order valence-electron chi connectivity index (χ3n) is 2.91. The molecular formula is C13H18ClNO5S. The molecule has 0 aliphatic carbocycles. The van der Waals surface area contributed by atoms with Gasteiger partial charge in [0.2, 0.25) is 10.0 Å². The lowest BCUT2D eigenvalue weighted by molar-refractivity contribution is -0.140. The Morgan fingerprint density at radius 1 is 1.33 bits per heavy atom. The van der Waals surface area contributed by atoms with Crippen LogP contribution in [-0.2, 0) is 19.6 Å². The zero-order valence-corrected chi connectivity index (χ0v) is 13.7. The second kappa shape index (κ2) is 7.63. The third kappa shape index (κ3) is 4.59. The fourth-order valence-electron chi connectivity index (χ4n) is 1.66. The standard InChI is InChI=1S/C13H18ClNO5S/c1-15(8-4-5-13(16)20-3)21(17,18)10-6-7-12(19-2)11(14)9-10/h6-7,9H,4-5,8H2,1-3H3. The van der Waals surface area contributed by atoms with Gasteiger partial charge in [-0.3, -0.25) is 4.79 Å². The van der Waals surface area contributed by atoms with Crippen LogP contribution in [0.25, 0.3) is 0 Å². The number of sulfonamides is 1. The molecule has 1 aromatic carbocycles. The minimum atomic E-state index is -3.65. The summed E-state index contributed by atoms with van der Waals surface area (Å²) < 4.78 is 35.3. The molecule has 118 valence electrons. The number of halogens is 1. The van der Waals surface area contributed by atoms with Gasteiger partial charge in [-0.15, -0.1) is 0 Å². The highest BCUT2D eigenvalue weighted by Crippen LogP contribution is 2.28. The summed E-state index contributed by atoms with van der Waals surface area (Å²) >= 11 is 5.94. The van der Waals surface area contributed by atoms with Gasteiger partial charge in [-0.25, -0.2) is 12.7 Å². The molecule has 0 heterocycles. The van der Waals surface area contributed by atoms with Gasteiger partial charge < -0.3 is 9.47 Å². The van der Waals surface area contributed by atoms with Crippen LogP contribution in [0.1, 0.15) is 12.8 Å². The second-order valence-electron chi connectivity index (χ2n) is 4.30. The molecule has 0 N–H and O–H groups in total. The highest BCUT2D eigenvalue weighted by atomic mass is 35.5. The van der Waals surface area contributed by atoms with Crippen molar-refractivity contribution in [3.63, 3.8) is 0 Å². The zero-order valence-electron chi connectivity index (χ0n) is 12.1. The van der Waals surface area contributed by atoms with Crippen LogP contribution in [-0.4, -0.2) is 46.5 Å². The van der Waals surface area contributed by atoms with Crippen molar-refractivity contribution in [3.05, 3.63) is 23.2 Å². The highest BCUT2D eigenvalue weighted by Gasteiger charge is 2.21. The molecular weight excluding hydrogens is 318 g/mol. The SMILES string of the molecule is COC(=O)CCCN(C)S(=O)(=O)c1ccc(OC)c(Cl)c1. The predicted octanol–water partition coefficient (Wildman–Crippen LogP) is 1.92. The van der Waals surface area contributed by atoms with E-state index in [2.05, 4.69) is 4.74 Å². The van der Waals surface area contributed by atoms with Crippen LogP contribution in [0.3, 0.4) is 0 Å². The van der Waals surface area contributed by atoms with Crippen LogP contribution in [0.5, 0.6) is 5.75 Å². The zero-order chi connectivity index (χ0) is 16.0. The van der Waals surface area contributed by atoms with Gasteiger partial charge in [-0.05, 0) is 24.6 Å². The first-order valence-electron chi connectivity index (χ1n) is 6.19. The number of ether oxygens (including phenoxy) is 2. The van der Waals surface area contributed by atoms with Crippen molar-refractivity contribution < 1.29 is 22.7 Å². The molecule has 6 nitrogen and oxygen atoms in total. The third-order valence-corrected chi connectivity index (χ3v) is 5.06. The fraction of sp³-hybridized carbons (Fsp3) is 0.462. The first-order chi connectivity index (χ1) is 9.82. The summed E-state index contributed by atoms with van der Waals surface area (Å²) in [6, 6.07) is 4.26. The summed E-state index contributed by atoms with van der Waals surface area (Å²) in [5, 5.41) is 0.224. The molecule has 8 heteroatoms. The lowest BCUT2D eigenvalue weighted by atomic mass is 10.3. The van der Waals surface area contributed by atoms with E-state index in [-0.39, 0.29) is 28.9 Å². The monoisotopic (exact) mass is 335 g/mol. The van der Waals surface area contributed by atoms with E-state index in [1.165, 1.54) is 43.8 Å². The number of hydrogen-bond acceptors (Lipinski definition) is 5. The molecule has 21 heavy (non-hydrogen) atoms. The Hall–Kier alpha value is -1.31. The Labute approximate surface area is 129 Å². The molecule has 0 fully saturated rings. The maximum absolute atomic E-state index is 12.3. The number of esters is 1. The summed E-state index contributed by atoms with van der Waals surface area (Å²) in [6.45, 7) is 0.209. The maximum Gasteiger partial charge on any atom is 0.305 e. The number of carbonyl (C=O) groups excluding carboxylic acids is 1. The highest BCUT2D eigenvalue weighted by molar-refractivity contribution is 7.89. The number of benzene rings is 1. The normalized spacial score (nSPS) is 11.5. The van der Waals surface area contributed by atoms with Gasteiger partial charge in [-0.1, -0.05) is 11.6 Å². The van der Waals surface area contributed by atoms with Crippen LogP contribution in [0, 0.1) is 0 Å². The van der Waals surface area contributed by atoms with Crippen molar-refractivity contribution >= 4 is 27.6 Å². The average molecular weight is 336 g/mol. The van der Waals surface area contributed by atoms with Gasteiger partial charge in [0.1, 0.15) is 5.75 Å². The molecule has 0 saturated heterocycles. The molecule has 0 atom stereocenters. The molecule has 1 aromatic rings. The minimum absolute atomic E-state index is 0.0777. The van der Waals surface area contributed by atoms with Gasteiger partial charge in [0, 0.05) is 20.0 Å². The fourth-order valence-corrected chi connectivity index (χ4v) is 3.21. The lowest BCUT2D eigenvalue weighted by Crippen LogP contribution is -2.28. The quantitative estimate of drug-likeness (QED) is 0.712. The molecule has 0 aromatic heterocycles. The summed E-state index contributed by atoms with van der Waals surface area (Å²) in [5.74, 6) is 0.0391. The molecule has 0 bridgehead atoms. The smallest absolute Gasteiger partial charge is 0.305 e. The van der Waals surface area contributed by atoms with Crippen molar-refractivity contribution in [2.24, 2.45) is 0 Å². The van der Waals surface area contributed by atoms with Gasteiger partial charge in [0.25, 0.3) is 0 Å². The summed E-state index contributed by atoms with van der Waals surface area (Å²) in [6.07, 6.45) is 0.548. The van der Waals surface area contributed by atoms with Crippen molar-refractivity contribution in [1.82, 2.24) is 4.31 Å². The lowest BCUT2D eigenvalue weighted by Gasteiger charge is -2.17. The molecule has 0 amide bonds. The second-order valence-corrected chi connectivity index (χ2v) is 6.75. The van der Waals surface area contributed by atoms with Gasteiger partial charge in [0.05, 0.1) is 24.1 Å². The van der Waals surface area contributed by atoms with E-state index in [0.717, 1.165) is 0 Å². The minimum Gasteiger partial charge on any atom is -0.495 e. The largest absolute Gasteiger partial charge is 0.495 e. The van der Waals surface area contributed by atoms with E-state index >= 15 is 0 Å². The molecule has 0 radical (unpaired) electrons. The Balaban J connectivity index is 2.80. The van der Waals surface area contributed by atoms with E-state index in [0.29, 0.717) is 12.2 Å². The number of carbonyl (C=O) groups is 1. The molecule has 0 unspecified atom stereocenters. The van der Waals surface area contributed by atoms with E-state index < -0.39 is 10.0 Å². The Kier molecular flexibility index (Phi) is 6.44. The summed E-state index contributed by atoms with van der Waals surface area (Å²) in [5.41, 5.74) is 0. The first-order valence-corrected chi connectivity index (χ1v) is 8.01. The van der Waals surface area contributed by atoms with Crippen LogP contribution in [0.15, 0.2) is 23.1 Å². The van der Waals surface area contributed by atoms with Gasteiger partial charge in [0.15, 0.2) is 0 Å². The molecule has 0 aliphatic heterocycles.